The number of amides is 1. The Bertz CT molecular complexity index is 1480. The molecule has 4 heteroatoms. The van der Waals surface area contributed by atoms with Crippen molar-refractivity contribution in [3.63, 3.8) is 0 Å². The average Bonchev–Trinajstić information content (AvgIpc) is 3.35. The minimum atomic E-state index is -1.89. The van der Waals surface area contributed by atoms with Gasteiger partial charge in [-0.3, -0.25) is 9.59 Å². The van der Waals surface area contributed by atoms with E-state index < -0.39 is 11.5 Å². The van der Waals surface area contributed by atoms with E-state index in [2.05, 4.69) is 6.07 Å². The molecule has 0 fully saturated rings. The Hall–Kier alpha value is -3.76. The summed E-state index contributed by atoms with van der Waals surface area (Å²) in [5.74, 6) is -0.671. The Labute approximate surface area is 198 Å². The Balaban J connectivity index is 1.39. The molecule has 0 radical (unpaired) electrons. The van der Waals surface area contributed by atoms with Crippen LogP contribution >= 0.6 is 0 Å². The SMILES string of the molecule is Cc1ccccc1CN1C(=O)[C@](O)(CC(=O)c2ccc3c4c(cccc24)CC3)c2ccccc21. The van der Waals surface area contributed by atoms with Crippen molar-refractivity contribution in [1.29, 1.82) is 0 Å². The highest BCUT2D eigenvalue weighted by atomic mass is 16.3. The number of rotatable bonds is 5. The molecule has 0 spiro atoms. The molecule has 1 amide bonds. The van der Waals surface area contributed by atoms with Crippen LogP contribution < -0.4 is 4.90 Å². The van der Waals surface area contributed by atoms with Crippen LogP contribution in [0.2, 0.25) is 0 Å². The molecule has 1 aliphatic carbocycles. The van der Waals surface area contributed by atoms with Crippen LogP contribution in [0.1, 0.15) is 44.6 Å². The lowest BCUT2D eigenvalue weighted by atomic mass is 9.86. The van der Waals surface area contributed by atoms with E-state index >= 15 is 0 Å². The van der Waals surface area contributed by atoms with Crippen LogP contribution in [0.4, 0.5) is 5.69 Å². The highest BCUT2D eigenvalue weighted by Crippen LogP contribution is 2.44. The van der Waals surface area contributed by atoms with E-state index in [1.807, 2.05) is 67.6 Å². The first-order chi connectivity index (χ1) is 16.5. The van der Waals surface area contributed by atoms with Crippen molar-refractivity contribution in [3.05, 3.63) is 112 Å². The first-order valence-electron chi connectivity index (χ1n) is 11.7. The highest BCUT2D eigenvalue weighted by molar-refractivity contribution is 6.14. The molecule has 4 nitrogen and oxygen atoms in total. The van der Waals surface area contributed by atoms with Crippen LogP contribution in [0.5, 0.6) is 0 Å². The summed E-state index contributed by atoms with van der Waals surface area (Å²) in [5, 5.41) is 13.8. The fourth-order valence-electron chi connectivity index (χ4n) is 5.61. The van der Waals surface area contributed by atoms with Crippen molar-refractivity contribution in [3.8, 4) is 0 Å². The molecule has 168 valence electrons. The number of para-hydroxylation sites is 1. The average molecular weight is 448 g/mol. The number of aryl methyl sites for hydroxylation is 3. The van der Waals surface area contributed by atoms with Crippen LogP contribution in [0.3, 0.4) is 0 Å². The number of hydrogen-bond donors (Lipinski definition) is 1. The molecule has 4 aromatic carbocycles. The molecular formula is C30H25NO3. The zero-order chi connectivity index (χ0) is 23.4. The molecule has 0 saturated heterocycles. The lowest BCUT2D eigenvalue weighted by Gasteiger charge is -2.23. The summed E-state index contributed by atoms with van der Waals surface area (Å²) in [5.41, 5.74) is 4.43. The van der Waals surface area contributed by atoms with Gasteiger partial charge < -0.3 is 10.0 Å². The van der Waals surface area contributed by atoms with Crippen molar-refractivity contribution < 1.29 is 14.7 Å². The fraction of sp³-hybridized carbons (Fsp3) is 0.200. The van der Waals surface area contributed by atoms with Gasteiger partial charge in [0.2, 0.25) is 0 Å². The summed E-state index contributed by atoms with van der Waals surface area (Å²) in [7, 11) is 0. The van der Waals surface area contributed by atoms with Gasteiger partial charge in [0.25, 0.3) is 5.91 Å². The molecule has 0 bridgehead atoms. The smallest absolute Gasteiger partial charge is 0.264 e. The van der Waals surface area contributed by atoms with Crippen LogP contribution in [0.15, 0.2) is 78.9 Å². The number of carbonyl (C=O) groups is 2. The molecular weight excluding hydrogens is 422 g/mol. The van der Waals surface area contributed by atoms with Gasteiger partial charge in [0.15, 0.2) is 11.4 Å². The predicted molar refractivity (Wildman–Crippen MR) is 133 cm³/mol. The van der Waals surface area contributed by atoms with Gasteiger partial charge in [-0.2, -0.15) is 0 Å². The van der Waals surface area contributed by atoms with Gasteiger partial charge >= 0.3 is 0 Å². The highest BCUT2D eigenvalue weighted by Gasteiger charge is 2.51. The Morgan fingerprint density at radius 3 is 2.47 bits per heavy atom. The van der Waals surface area contributed by atoms with E-state index in [0.717, 1.165) is 34.7 Å². The van der Waals surface area contributed by atoms with Gasteiger partial charge in [0.05, 0.1) is 18.7 Å². The number of anilines is 1. The van der Waals surface area contributed by atoms with Crippen molar-refractivity contribution in [2.45, 2.75) is 38.3 Å². The van der Waals surface area contributed by atoms with Gasteiger partial charge in [-0.05, 0) is 58.9 Å². The second-order valence-corrected chi connectivity index (χ2v) is 9.41. The number of Topliss-reactive ketones (excluding diaryl/α,β-unsaturated/α-hetero) is 1. The topological polar surface area (TPSA) is 57.6 Å². The summed E-state index contributed by atoms with van der Waals surface area (Å²) >= 11 is 0. The number of aliphatic hydroxyl groups is 1. The molecule has 0 unspecified atom stereocenters. The maximum atomic E-state index is 13.7. The van der Waals surface area contributed by atoms with E-state index in [4.69, 9.17) is 0 Å². The third-order valence-electron chi connectivity index (χ3n) is 7.42. The fourth-order valence-corrected chi connectivity index (χ4v) is 5.61. The molecule has 1 N–H and O–H groups in total. The molecule has 1 heterocycles. The van der Waals surface area contributed by atoms with Crippen LogP contribution in [-0.2, 0) is 29.8 Å². The summed E-state index contributed by atoms with van der Waals surface area (Å²) in [4.78, 5) is 28.9. The van der Waals surface area contributed by atoms with E-state index in [0.29, 0.717) is 23.4 Å². The van der Waals surface area contributed by atoms with Gasteiger partial charge in [-0.25, -0.2) is 0 Å². The third kappa shape index (κ3) is 3.02. The third-order valence-corrected chi connectivity index (χ3v) is 7.42. The number of nitrogens with zero attached hydrogens (tertiary/aromatic N) is 1. The van der Waals surface area contributed by atoms with Gasteiger partial charge in [0.1, 0.15) is 0 Å². The number of carbonyl (C=O) groups excluding carboxylic acids is 2. The molecule has 0 aromatic heterocycles. The monoisotopic (exact) mass is 447 g/mol. The molecule has 1 atom stereocenters. The standard InChI is InChI=1S/C30H25NO3/c1-19-7-2-3-8-22(19)18-31-26-12-5-4-11-25(26)30(34,29(31)33)17-27(32)23-16-15-21-14-13-20-9-6-10-24(23)28(20)21/h2-12,15-16,34H,13-14,17-18H2,1H3/t30-/m0/s1. The molecule has 0 saturated carbocycles. The van der Waals surface area contributed by atoms with Crippen molar-refractivity contribution in [2.75, 3.05) is 4.90 Å². The number of hydrogen-bond acceptors (Lipinski definition) is 3. The first kappa shape index (κ1) is 20.8. The molecule has 4 aromatic rings. The molecule has 2 aliphatic rings. The maximum absolute atomic E-state index is 13.7. The minimum absolute atomic E-state index is 0.223. The van der Waals surface area contributed by atoms with Gasteiger partial charge in [0, 0.05) is 11.1 Å². The number of ketones is 1. The molecule has 6 rings (SSSR count). The first-order valence-corrected chi connectivity index (χ1v) is 11.7. The summed E-state index contributed by atoms with van der Waals surface area (Å²) in [6.45, 7) is 2.35. The van der Waals surface area contributed by atoms with Crippen LogP contribution in [0.25, 0.3) is 10.8 Å². The van der Waals surface area contributed by atoms with Crippen molar-refractivity contribution >= 4 is 28.2 Å². The van der Waals surface area contributed by atoms with Gasteiger partial charge in [-0.15, -0.1) is 0 Å². The predicted octanol–water partition coefficient (Wildman–Crippen LogP) is 5.25. The second-order valence-electron chi connectivity index (χ2n) is 9.41. The minimum Gasteiger partial charge on any atom is -0.375 e. The zero-order valence-corrected chi connectivity index (χ0v) is 19.0. The van der Waals surface area contributed by atoms with E-state index in [1.54, 1.807) is 17.0 Å². The quantitative estimate of drug-likeness (QED) is 0.425. The molecule has 1 aliphatic heterocycles. The number of benzene rings is 4. The maximum Gasteiger partial charge on any atom is 0.264 e. The van der Waals surface area contributed by atoms with Crippen molar-refractivity contribution in [2.24, 2.45) is 0 Å². The summed E-state index contributed by atoms with van der Waals surface area (Å²) < 4.78 is 0. The Kier molecular flexibility index (Phi) is 4.68. The zero-order valence-electron chi connectivity index (χ0n) is 19.0. The lowest BCUT2D eigenvalue weighted by Crippen LogP contribution is -2.41. The summed E-state index contributed by atoms with van der Waals surface area (Å²) in [6.07, 6.45) is 1.67. The van der Waals surface area contributed by atoms with Crippen molar-refractivity contribution in [1.82, 2.24) is 0 Å². The summed E-state index contributed by atoms with van der Waals surface area (Å²) in [6, 6.07) is 25.1. The second kappa shape index (κ2) is 7.64. The van der Waals surface area contributed by atoms with Crippen LogP contribution in [0, 0.1) is 6.92 Å². The Morgan fingerprint density at radius 1 is 0.912 bits per heavy atom. The van der Waals surface area contributed by atoms with E-state index in [1.165, 1.54) is 11.1 Å². The van der Waals surface area contributed by atoms with E-state index in [-0.39, 0.29) is 12.2 Å². The van der Waals surface area contributed by atoms with Crippen LogP contribution in [-0.4, -0.2) is 16.8 Å². The van der Waals surface area contributed by atoms with E-state index in [9.17, 15) is 14.7 Å². The number of fused-ring (bicyclic) bond motifs is 1. The van der Waals surface area contributed by atoms with Gasteiger partial charge in [-0.1, -0.05) is 72.8 Å². The molecule has 34 heavy (non-hydrogen) atoms. The largest absolute Gasteiger partial charge is 0.375 e. The lowest BCUT2D eigenvalue weighted by molar-refractivity contribution is -0.136. The normalized spacial score (nSPS) is 18.5. The Morgan fingerprint density at radius 2 is 1.65 bits per heavy atom.